The minimum Gasteiger partial charge on any atom is -0.438 e. The Morgan fingerprint density at radius 1 is 1.21 bits per heavy atom. The minimum atomic E-state index is -0.189. The van der Waals surface area contributed by atoms with E-state index >= 15 is 0 Å². The normalized spacial score (nSPS) is 17.5. The smallest absolute Gasteiger partial charge is 0.289 e. The molecule has 2 unspecified atom stereocenters. The van der Waals surface area contributed by atoms with Crippen LogP contribution < -0.4 is 10.2 Å². The van der Waals surface area contributed by atoms with Gasteiger partial charge < -0.3 is 14.6 Å². The average Bonchev–Trinajstić information content (AvgIpc) is 3.33. The van der Waals surface area contributed by atoms with Crippen molar-refractivity contribution >= 4 is 23.2 Å². The van der Waals surface area contributed by atoms with Crippen molar-refractivity contribution in [1.29, 1.82) is 0 Å². The van der Waals surface area contributed by atoms with Gasteiger partial charge in [-0.3, -0.25) is 9.69 Å². The number of amides is 1. The molecule has 1 amide bonds. The second-order valence-electron chi connectivity index (χ2n) is 9.08. The molecule has 34 heavy (non-hydrogen) atoms. The first-order valence-corrected chi connectivity index (χ1v) is 12.4. The van der Waals surface area contributed by atoms with E-state index in [1.54, 1.807) is 0 Å². The Kier molecular flexibility index (Phi) is 8.25. The maximum Gasteiger partial charge on any atom is 0.289 e. The summed E-state index contributed by atoms with van der Waals surface area (Å²) < 4.78 is 5.46. The monoisotopic (exact) mass is 480 g/mol. The summed E-state index contributed by atoms with van der Waals surface area (Å²) in [7, 11) is 0. The molecule has 6 nitrogen and oxygen atoms in total. The van der Waals surface area contributed by atoms with Crippen LogP contribution >= 0.6 is 11.6 Å². The van der Waals surface area contributed by atoms with Crippen LogP contribution in [0, 0.1) is 0 Å². The number of carbonyl (C=O) groups is 1. The van der Waals surface area contributed by atoms with E-state index in [9.17, 15) is 4.79 Å². The molecule has 4 rings (SSSR count). The Hall–Kier alpha value is -2.83. The molecule has 2 atom stereocenters. The second-order valence-corrected chi connectivity index (χ2v) is 9.51. The third kappa shape index (κ3) is 6.19. The zero-order chi connectivity index (χ0) is 23.9. The van der Waals surface area contributed by atoms with Crippen LogP contribution in [-0.4, -0.2) is 54.6 Å². The molecular weight excluding hydrogens is 448 g/mol. The van der Waals surface area contributed by atoms with Gasteiger partial charge in [0.2, 0.25) is 5.76 Å². The van der Waals surface area contributed by atoms with Crippen LogP contribution in [0.3, 0.4) is 0 Å². The fraction of sp³-hybridized carbons (Fsp3) is 0.407. The lowest BCUT2D eigenvalue weighted by molar-refractivity contribution is 0.0920. The maximum atomic E-state index is 12.8. The quantitative estimate of drug-likeness (QED) is 0.436. The number of carbonyl (C=O) groups excluding carboxylic acids is 1. The summed E-state index contributed by atoms with van der Waals surface area (Å²) in [5.74, 6) is 0.233. The van der Waals surface area contributed by atoms with E-state index in [0.29, 0.717) is 24.0 Å². The molecule has 3 aromatic rings. The van der Waals surface area contributed by atoms with E-state index in [0.717, 1.165) is 44.0 Å². The molecule has 1 aromatic heterocycles. The molecule has 1 aliphatic heterocycles. The van der Waals surface area contributed by atoms with Gasteiger partial charge in [-0.2, -0.15) is 0 Å². The third-order valence-electron chi connectivity index (χ3n) is 6.50. The van der Waals surface area contributed by atoms with Crippen LogP contribution in [0.15, 0.2) is 65.4 Å². The van der Waals surface area contributed by atoms with Gasteiger partial charge in [0.15, 0.2) is 6.39 Å². The number of rotatable bonds is 9. The van der Waals surface area contributed by atoms with Crippen LogP contribution in [0.25, 0.3) is 0 Å². The van der Waals surface area contributed by atoms with Crippen LogP contribution in [0.1, 0.15) is 48.0 Å². The van der Waals surface area contributed by atoms with E-state index < -0.39 is 0 Å². The minimum absolute atomic E-state index is 0.0959. The molecule has 1 saturated heterocycles. The Morgan fingerprint density at radius 2 is 2.03 bits per heavy atom. The topological polar surface area (TPSA) is 61.6 Å². The number of nitrogens with one attached hydrogen (secondary N) is 1. The number of hydrogen-bond donors (Lipinski definition) is 1. The summed E-state index contributed by atoms with van der Waals surface area (Å²) in [6.45, 7) is 8.80. The summed E-state index contributed by atoms with van der Waals surface area (Å²) in [6, 6.07) is 18.7. The average molecular weight is 481 g/mol. The van der Waals surface area contributed by atoms with Gasteiger partial charge in [0.1, 0.15) is 0 Å². The van der Waals surface area contributed by atoms with E-state index in [4.69, 9.17) is 16.0 Å². The summed E-state index contributed by atoms with van der Waals surface area (Å²) in [5.41, 5.74) is 3.11. The van der Waals surface area contributed by atoms with E-state index in [2.05, 4.69) is 52.1 Å². The molecule has 1 N–H and O–H groups in total. The molecule has 180 valence electrons. The van der Waals surface area contributed by atoms with Crippen molar-refractivity contribution in [2.45, 2.75) is 38.6 Å². The highest BCUT2D eigenvalue weighted by Gasteiger charge is 2.24. The first-order valence-electron chi connectivity index (χ1n) is 12.0. The predicted octanol–water partition coefficient (Wildman–Crippen LogP) is 5.00. The number of benzene rings is 2. The van der Waals surface area contributed by atoms with Gasteiger partial charge in [-0.1, -0.05) is 54.9 Å². The van der Waals surface area contributed by atoms with Gasteiger partial charge in [-0.15, -0.1) is 0 Å². The van der Waals surface area contributed by atoms with Gasteiger partial charge in [-0.05, 0) is 43.5 Å². The number of halogens is 1. The Labute approximate surface area is 206 Å². The van der Waals surface area contributed by atoms with Crippen molar-refractivity contribution in [3.05, 3.63) is 83.0 Å². The van der Waals surface area contributed by atoms with E-state index in [-0.39, 0.29) is 11.8 Å². The van der Waals surface area contributed by atoms with Crippen LogP contribution in [0.5, 0.6) is 0 Å². The Bertz CT molecular complexity index is 1070. The van der Waals surface area contributed by atoms with Crippen LogP contribution in [0.4, 0.5) is 5.69 Å². The van der Waals surface area contributed by atoms with Gasteiger partial charge in [-0.25, -0.2) is 4.98 Å². The molecule has 2 heterocycles. The number of aromatic nitrogens is 1. The largest absolute Gasteiger partial charge is 0.438 e. The maximum absolute atomic E-state index is 12.8. The molecule has 0 bridgehead atoms. The number of oxazole rings is 1. The molecular formula is C27H33ClN4O2. The standard InChI is InChI=1S/C27H33ClN4O2/c1-20(16-22-8-4-3-5-9-22)25-26(34-19-30-25)27(33)29-12-7-13-31-14-15-32(18-21(31)2)24-11-6-10-23(28)17-24/h3-6,8-11,17,19-21H,7,12-16,18H2,1-2H3,(H,29,33). The summed E-state index contributed by atoms with van der Waals surface area (Å²) in [5, 5.41) is 3.79. The fourth-order valence-electron chi connectivity index (χ4n) is 4.64. The lowest BCUT2D eigenvalue weighted by Gasteiger charge is -2.41. The molecule has 0 radical (unpaired) electrons. The highest BCUT2D eigenvalue weighted by Crippen LogP contribution is 2.24. The number of piperazine rings is 1. The second kappa shape index (κ2) is 11.5. The Morgan fingerprint density at radius 3 is 2.79 bits per heavy atom. The first-order chi connectivity index (χ1) is 16.5. The summed E-state index contributed by atoms with van der Waals surface area (Å²) in [6.07, 6.45) is 3.07. The van der Waals surface area contributed by atoms with Crippen LogP contribution in [-0.2, 0) is 6.42 Å². The Balaban J connectivity index is 1.22. The fourth-order valence-corrected chi connectivity index (χ4v) is 4.82. The highest BCUT2D eigenvalue weighted by molar-refractivity contribution is 6.30. The number of nitrogens with zero attached hydrogens (tertiary/aromatic N) is 3. The SMILES string of the molecule is CC(Cc1ccccc1)c1ncoc1C(=O)NCCCN1CCN(c2cccc(Cl)c2)CC1C. The molecule has 1 aliphatic rings. The lowest BCUT2D eigenvalue weighted by Crippen LogP contribution is -2.52. The van der Waals surface area contributed by atoms with Crippen molar-refractivity contribution in [3.63, 3.8) is 0 Å². The summed E-state index contributed by atoms with van der Waals surface area (Å²) >= 11 is 6.16. The zero-order valence-electron chi connectivity index (χ0n) is 19.9. The van der Waals surface area contributed by atoms with Gasteiger partial charge in [0.25, 0.3) is 5.91 Å². The van der Waals surface area contributed by atoms with Gasteiger partial charge in [0, 0.05) is 55.4 Å². The summed E-state index contributed by atoms with van der Waals surface area (Å²) in [4.78, 5) is 22.0. The molecule has 0 spiro atoms. The molecule has 0 saturated carbocycles. The van der Waals surface area contributed by atoms with Crippen molar-refractivity contribution in [2.24, 2.45) is 0 Å². The molecule has 2 aromatic carbocycles. The van der Waals surface area contributed by atoms with Crippen molar-refractivity contribution in [2.75, 3.05) is 37.6 Å². The number of hydrogen-bond acceptors (Lipinski definition) is 5. The zero-order valence-corrected chi connectivity index (χ0v) is 20.7. The first kappa shape index (κ1) is 24.3. The van der Waals surface area contributed by atoms with Crippen molar-refractivity contribution in [3.8, 4) is 0 Å². The third-order valence-corrected chi connectivity index (χ3v) is 6.73. The molecule has 0 aliphatic carbocycles. The van der Waals surface area contributed by atoms with E-state index in [1.807, 2.05) is 36.4 Å². The van der Waals surface area contributed by atoms with Crippen LogP contribution in [0.2, 0.25) is 5.02 Å². The van der Waals surface area contributed by atoms with Gasteiger partial charge >= 0.3 is 0 Å². The predicted molar refractivity (Wildman–Crippen MR) is 137 cm³/mol. The van der Waals surface area contributed by atoms with Crippen molar-refractivity contribution < 1.29 is 9.21 Å². The molecule has 1 fully saturated rings. The highest BCUT2D eigenvalue weighted by atomic mass is 35.5. The molecule has 7 heteroatoms. The van der Waals surface area contributed by atoms with Crippen molar-refractivity contribution in [1.82, 2.24) is 15.2 Å². The number of anilines is 1. The van der Waals surface area contributed by atoms with E-state index in [1.165, 1.54) is 17.6 Å². The van der Waals surface area contributed by atoms with Gasteiger partial charge in [0.05, 0.1) is 5.69 Å². The lowest BCUT2D eigenvalue weighted by atomic mass is 9.97.